The van der Waals surface area contributed by atoms with Crippen molar-refractivity contribution in [2.45, 2.75) is 51.6 Å². The number of imide groups is 1. The summed E-state index contributed by atoms with van der Waals surface area (Å²) >= 11 is 0. The van der Waals surface area contributed by atoms with Crippen molar-refractivity contribution < 1.29 is 23.8 Å². The number of unbranched alkanes of at least 4 members (excludes halogenated alkanes) is 1. The summed E-state index contributed by atoms with van der Waals surface area (Å²) in [6.07, 6.45) is 3.45. The zero-order valence-electron chi connectivity index (χ0n) is 17.6. The molecular formula is C22H27FN4O4. The Morgan fingerprint density at radius 2 is 2.10 bits per heavy atom. The number of imidazole rings is 1. The molecule has 2 amide bonds. The highest BCUT2D eigenvalue weighted by atomic mass is 19.1. The van der Waals surface area contributed by atoms with E-state index in [9.17, 15) is 19.1 Å². The fourth-order valence-electron chi connectivity index (χ4n) is 4.19. The van der Waals surface area contributed by atoms with Crippen molar-refractivity contribution in [3.63, 3.8) is 0 Å². The summed E-state index contributed by atoms with van der Waals surface area (Å²) < 4.78 is 21.3. The van der Waals surface area contributed by atoms with Crippen LogP contribution >= 0.6 is 0 Å². The van der Waals surface area contributed by atoms with Gasteiger partial charge in [-0.15, -0.1) is 0 Å². The number of nitrogens with zero attached hydrogens (tertiary/aromatic N) is 4. The molecule has 2 aliphatic heterocycles. The molecule has 31 heavy (non-hydrogen) atoms. The van der Waals surface area contributed by atoms with Gasteiger partial charge in [0.2, 0.25) is 0 Å². The van der Waals surface area contributed by atoms with Gasteiger partial charge in [-0.25, -0.2) is 4.39 Å². The third kappa shape index (κ3) is 4.01. The number of hydrogen-bond acceptors (Lipinski definition) is 6. The van der Waals surface area contributed by atoms with E-state index in [2.05, 4.69) is 4.98 Å². The Hall–Kier alpha value is -2.94. The van der Waals surface area contributed by atoms with E-state index in [1.807, 2.05) is 11.8 Å². The van der Waals surface area contributed by atoms with Gasteiger partial charge >= 0.3 is 6.01 Å². The zero-order chi connectivity index (χ0) is 22.0. The molecule has 1 aromatic heterocycles. The largest absolute Gasteiger partial charge is 0.425 e. The number of aromatic nitrogens is 2. The molecule has 0 radical (unpaired) electrons. The number of benzene rings is 1. The SMILES string of the molecule is CCCCn1c(Oc2cccc(F)c2)nc2c1C(=O)N(CCCO)C(=O)C1CCCN21. The van der Waals surface area contributed by atoms with Crippen molar-refractivity contribution in [3.05, 3.63) is 35.8 Å². The Morgan fingerprint density at radius 1 is 1.26 bits per heavy atom. The number of ether oxygens (including phenoxy) is 1. The highest BCUT2D eigenvalue weighted by Gasteiger charge is 2.45. The highest BCUT2D eigenvalue weighted by Crippen LogP contribution is 2.37. The first-order valence-electron chi connectivity index (χ1n) is 10.8. The van der Waals surface area contributed by atoms with Crippen molar-refractivity contribution in [2.24, 2.45) is 0 Å². The van der Waals surface area contributed by atoms with E-state index in [-0.39, 0.29) is 30.8 Å². The molecule has 0 saturated carbocycles. The quantitative estimate of drug-likeness (QED) is 0.648. The Balaban J connectivity index is 1.81. The minimum atomic E-state index is -0.458. The van der Waals surface area contributed by atoms with Crippen LogP contribution in [0.15, 0.2) is 24.3 Å². The first kappa shape index (κ1) is 21.3. The predicted molar refractivity (Wildman–Crippen MR) is 112 cm³/mol. The van der Waals surface area contributed by atoms with Crippen LogP contribution in [0, 0.1) is 5.82 Å². The van der Waals surface area contributed by atoms with Gasteiger partial charge in [0.1, 0.15) is 17.6 Å². The molecule has 2 aliphatic rings. The van der Waals surface area contributed by atoms with Gasteiger partial charge in [-0.2, -0.15) is 4.98 Å². The maximum absolute atomic E-state index is 13.7. The van der Waals surface area contributed by atoms with Gasteiger partial charge in [-0.3, -0.25) is 19.1 Å². The molecule has 2 aromatic rings. The van der Waals surface area contributed by atoms with Gasteiger partial charge in [0.15, 0.2) is 11.5 Å². The second-order valence-corrected chi connectivity index (χ2v) is 7.85. The number of carbonyl (C=O) groups excluding carboxylic acids is 2. The molecule has 0 bridgehead atoms. The molecule has 1 atom stereocenters. The summed E-state index contributed by atoms with van der Waals surface area (Å²) in [5.41, 5.74) is 0.315. The third-order valence-electron chi connectivity index (χ3n) is 5.72. The summed E-state index contributed by atoms with van der Waals surface area (Å²) in [6.45, 7) is 3.18. The maximum Gasteiger partial charge on any atom is 0.304 e. The van der Waals surface area contributed by atoms with Crippen LogP contribution in [0.5, 0.6) is 11.8 Å². The Bertz CT molecular complexity index is 976. The monoisotopic (exact) mass is 430 g/mol. The van der Waals surface area contributed by atoms with Crippen LogP contribution in [-0.2, 0) is 11.3 Å². The van der Waals surface area contributed by atoms with Gasteiger partial charge in [0, 0.05) is 32.3 Å². The van der Waals surface area contributed by atoms with E-state index in [1.54, 1.807) is 16.7 Å². The average molecular weight is 430 g/mol. The molecule has 8 nitrogen and oxygen atoms in total. The Labute approximate surface area is 180 Å². The van der Waals surface area contributed by atoms with E-state index in [1.165, 1.54) is 17.0 Å². The summed E-state index contributed by atoms with van der Waals surface area (Å²) in [4.78, 5) is 34.4. The minimum absolute atomic E-state index is 0.110. The van der Waals surface area contributed by atoms with Crippen molar-refractivity contribution in [3.8, 4) is 11.8 Å². The summed E-state index contributed by atoms with van der Waals surface area (Å²) in [5.74, 6) is -0.377. The Morgan fingerprint density at radius 3 is 2.84 bits per heavy atom. The van der Waals surface area contributed by atoms with E-state index in [0.29, 0.717) is 37.4 Å². The molecule has 0 spiro atoms. The summed E-state index contributed by atoms with van der Waals surface area (Å²) in [5, 5.41) is 9.26. The second-order valence-electron chi connectivity index (χ2n) is 7.85. The normalized spacial score (nSPS) is 18.2. The summed E-state index contributed by atoms with van der Waals surface area (Å²) in [7, 11) is 0. The van der Waals surface area contributed by atoms with Crippen LogP contribution < -0.4 is 9.64 Å². The molecule has 9 heteroatoms. The Kier molecular flexibility index (Phi) is 6.22. The van der Waals surface area contributed by atoms with Crippen LogP contribution in [0.2, 0.25) is 0 Å². The van der Waals surface area contributed by atoms with Crippen molar-refractivity contribution in [1.29, 1.82) is 0 Å². The number of halogens is 1. The number of hydrogen-bond donors (Lipinski definition) is 1. The fourth-order valence-corrected chi connectivity index (χ4v) is 4.19. The zero-order valence-corrected chi connectivity index (χ0v) is 17.6. The van der Waals surface area contributed by atoms with Crippen molar-refractivity contribution in [1.82, 2.24) is 14.5 Å². The number of rotatable bonds is 8. The number of aliphatic hydroxyl groups excluding tert-OH is 1. The number of amides is 2. The van der Waals surface area contributed by atoms with Gasteiger partial charge in [0.25, 0.3) is 11.8 Å². The molecule has 0 aliphatic carbocycles. The minimum Gasteiger partial charge on any atom is -0.425 e. The molecule has 3 heterocycles. The van der Waals surface area contributed by atoms with Crippen LogP contribution in [0.3, 0.4) is 0 Å². The smallest absolute Gasteiger partial charge is 0.304 e. The number of anilines is 1. The van der Waals surface area contributed by atoms with Crippen LogP contribution in [0.4, 0.5) is 10.2 Å². The fraction of sp³-hybridized carbons (Fsp3) is 0.500. The number of fused-ring (bicyclic) bond motifs is 3. The molecule has 1 N–H and O–H groups in total. The van der Waals surface area contributed by atoms with Crippen LogP contribution in [0.1, 0.15) is 49.5 Å². The molecule has 1 aromatic carbocycles. The lowest BCUT2D eigenvalue weighted by molar-refractivity contribution is -0.129. The van der Waals surface area contributed by atoms with E-state index in [4.69, 9.17) is 4.74 Å². The van der Waals surface area contributed by atoms with E-state index >= 15 is 0 Å². The average Bonchev–Trinajstić information content (AvgIpc) is 3.35. The predicted octanol–water partition coefficient (Wildman–Crippen LogP) is 2.95. The van der Waals surface area contributed by atoms with Crippen LogP contribution in [0.25, 0.3) is 0 Å². The number of aliphatic hydroxyl groups is 1. The topological polar surface area (TPSA) is 87.9 Å². The van der Waals surface area contributed by atoms with E-state index < -0.39 is 17.8 Å². The first-order valence-corrected chi connectivity index (χ1v) is 10.8. The van der Waals surface area contributed by atoms with Gasteiger partial charge in [0.05, 0.1) is 0 Å². The second kappa shape index (κ2) is 9.05. The molecule has 4 rings (SSSR count). The molecule has 1 fully saturated rings. The van der Waals surface area contributed by atoms with Gasteiger partial charge in [-0.1, -0.05) is 19.4 Å². The van der Waals surface area contributed by atoms with Gasteiger partial charge < -0.3 is 14.7 Å². The standard InChI is InChI=1S/C22H27FN4O4/c1-2-3-10-26-18-19(24-22(26)31-16-8-4-7-15(23)14-16)25-11-5-9-17(25)20(29)27(21(18)30)12-6-13-28/h4,7-8,14,17,28H,2-3,5-6,9-13H2,1H3. The van der Waals surface area contributed by atoms with Crippen molar-refractivity contribution >= 4 is 17.6 Å². The molecule has 1 saturated heterocycles. The lowest BCUT2D eigenvalue weighted by Crippen LogP contribution is -2.46. The van der Waals surface area contributed by atoms with E-state index in [0.717, 1.165) is 19.3 Å². The maximum atomic E-state index is 13.7. The van der Waals surface area contributed by atoms with Crippen molar-refractivity contribution in [2.75, 3.05) is 24.6 Å². The third-order valence-corrected chi connectivity index (χ3v) is 5.72. The lowest BCUT2D eigenvalue weighted by atomic mass is 10.2. The lowest BCUT2D eigenvalue weighted by Gasteiger charge is -2.24. The molecular weight excluding hydrogens is 403 g/mol. The number of carbonyl (C=O) groups is 2. The van der Waals surface area contributed by atoms with Crippen LogP contribution in [-0.4, -0.2) is 57.1 Å². The van der Waals surface area contributed by atoms with Gasteiger partial charge in [-0.05, 0) is 37.8 Å². The first-order chi connectivity index (χ1) is 15.0. The summed E-state index contributed by atoms with van der Waals surface area (Å²) in [6, 6.07) is 5.52. The molecule has 1 unspecified atom stereocenters. The molecule has 166 valence electrons. The highest BCUT2D eigenvalue weighted by molar-refractivity contribution is 6.11.